The van der Waals surface area contributed by atoms with Gasteiger partial charge < -0.3 is 8.92 Å². The van der Waals surface area contributed by atoms with Crippen LogP contribution in [0.3, 0.4) is 0 Å². The molecule has 2 aromatic rings. The molecule has 1 aromatic carbocycles. The van der Waals surface area contributed by atoms with Crippen LogP contribution < -0.4 is 4.74 Å². The zero-order chi connectivity index (χ0) is 16.1. The molecule has 3 rings (SSSR count). The number of aromatic nitrogens is 2. The monoisotopic (exact) mass is 348 g/mol. The average molecular weight is 348 g/mol. The van der Waals surface area contributed by atoms with Gasteiger partial charge in [-0.05, 0) is 50.2 Å². The maximum Gasteiger partial charge on any atom is 0.235 e. The van der Waals surface area contributed by atoms with Crippen LogP contribution in [0.1, 0.15) is 18.5 Å². The number of nitrogens with zero attached hydrogens (tertiary/aromatic N) is 2. The summed E-state index contributed by atoms with van der Waals surface area (Å²) in [6.45, 7) is 3.37. The smallest absolute Gasteiger partial charge is 0.235 e. The van der Waals surface area contributed by atoms with E-state index in [0.717, 1.165) is 36.4 Å². The van der Waals surface area contributed by atoms with Gasteiger partial charge in [-0.25, -0.2) is 4.98 Å². The Balaban J connectivity index is 1.72. The van der Waals surface area contributed by atoms with E-state index in [1.54, 1.807) is 18.0 Å². The van der Waals surface area contributed by atoms with Crippen molar-refractivity contribution in [1.82, 2.24) is 9.97 Å². The molecule has 1 atom stereocenters. The first-order valence-corrected chi connectivity index (χ1v) is 9.68. The van der Waals surface area contributed by atoms with Crippen LogP contribution >= 0.6 is 23.8 Å². The number of benzene rings is 1. The number of ether oxygens (including phenoxy) is 1. The van der Waals surface area contributed by atoms with Crippen molar-refractivity contribution in [2.45, 2.75) is 29.9 Å². The Bertz CT molecular complexity index is 644. The molecule has 0 N–H and O–H groups in total. The van der Waals surface area contributed by atoms with Gasteiger partial charge in [0.05, 0.1) is 29.4 Å². The van der Waals surface area contributed by atoms with Crippen molar-refractivity contribution in [2.24, 2.45) is 0 Å². The van der Waals surface area contributed by atoms with E-state index >= 15 is 0 Å². The lowest BCUT2D eigenvalue weighted by molar-refractivity contribution is 0.264. The van der Waals surface area contributed by atoms with Gasteiger partial charge in [0, 0.05) is 10.5 Å². The molecule has 1 unspecified atom stereocenters. The molecular weight excluding hydrogens is 328 g/mol. The first kappa shape index (κ1) is 16.6. The predicted octanol–water partition coefficient (Wildman–Crippen LogP) is 4.38. The fourth-order valence-corrected chi connectivity index (χ4v) is 3.52. The van der Waals surface area contributed by atoms with Crippen LogP contribution in [0.5, 0.6) is 5.88 Å². The predicted molar refractivity (Wildman–Crippen MR) is 96.0 cm³/mol. The first-order chi connectivity index (χ1) is 11.3. The zero-order valence-corrected chi connectivity index (χ0v) is 15.0. The van der Waals surface area contributed by atoms with Gasteiger partial charge in [0.15, 0.2) is 0 Å². The lowest BCUT2D eigenvalue weighted by atomic mass is 10.1. The summed E-state index contributed by atoms with van der Waals surface area (Å²) in [7, 11) is 0. The molecule has 0 spiro atoms. The van der Waals surface area contributed by atoms with Gasteiger partial charge in [0.2, 0.25) is 5.88 Å². The number of hydrogen-bond acceptors (Lipinski definition) is 6. The highest BCUT2D eigenvalue weighted by Crippen LogP contribution is 2.26. The molecule has 4 nitrogen and oxygen atoms in total. The summed E-state index contributed by atoms with van der Waals surface area (Å²) in [5.74, 6) is 0.614. The normalized spacial score (nSPS) is 17.9. The minimum absolute atomic E-state index is 0.370. The highest BCUT2D eigenvalue weighted by atomic mass is 32.2. The Hall–Kier alpha value is -1.24. The highest BCUT2D eigenvalue weighted by Gasteiger charge is 2.17. The molecule has 2 heterocycles. The Morgan fingerprint density at radius 3 is 2.87 bits per heavy atom. The van der Waals surface area contributed by atoms with Gasteiger partial charge in [-0.3, -0.25) is 4.98 Å². The Morgan fingerprint density at radius 2 is 2.17 bits per heavy atom. The van der Waals surface area contributed by atoms with Gasteiger partial charge in [0.25, 0.3) is 0 Å². The number of rotatable bonds is 5. The maximum atomic E-state index is 5.90. The van der Waals surface area contributed by atoms with Gasteiger partial charge in [-0.1, -0.05) is 12.1 Å². The van der Waals surface area contributed by atoms with Crippen molar-refractivity contribution in [2.75, 3.05) is 19.5 Å². The summed E-state index contributed by atoms with van der Waals surface area (Å²) in [6.07, 6.45) is 6.08. The lowest BCUT2D eigenvalue weighted by Crippen LogP contribution is -2.20. The second-order valence-corrected chi connectivity index (χ2v) is 7.34. The van der Waals surface area contributed by atoms with E-state index in [1.165, 1.54) is 16.9 Å². The summed E-state index contributed by atoms with van der Waals surface area (Å²) >= 11 is 3.24. The van der Waals surface area contributed by atoms with Crippen molar-refractivity contribution < 1.29 is 8.92 Å². The fraction of sp³-hybridized carbons (Fsp3) is 0.412. The molecule has 1 aliphatic rings. The molecule has 1 aliphatic heterocycles. The van der Waals surface area contributed by atoms with Crippen molar-refractivity contribution in [3.8, 4) is 17.1 Å². The SMILES string of the molecule is CSc1ccc(-c2cnc(C)c(OCC3CCCOS3)n2)cc1. The molecule has 1 fully saturated rings. The van der Waals surface area contributed by atoms with Gasteiger partial charge in [-0.2, -0.15) is 0 Å². The van der Waals surface area contributed by atoms with Crippen LogP contribution in [-0.4, -0.2) is 34.7 Å². The topological polar surface area (TPSA) is 44.2 Å². The van der Waals surface area contributed by atoms with Gasteiger partial charge in [-0.15, -0.1) is 11.8 Å². The third-order valence-electron chi connectivity index (χ3n) is 3.66. The summed E-state index contributed by atoms with van der Waals surface area (Å²) in [6, 6.07) is 8.33. The van der Waals surface area contributed by atoms with E-state index in [0.29, 0.717) is 17.7 Å². The third-order valence-corrected chi connectivity index (χ3v) is 5.35. The van der Waals surface area contributed by atoms with Crippen molar-refractivity contribution in [1.29, 1.82) is 0 Å². The van der Waals surface area contributed by atoms with Gasteiger partial charge >= 0.3 is 0 Å². The summed E-state index contributed by atoms with van der Waals surface area (Å²) in [4.78, 5) is 10.3. The van der Waals surface area contributed by atoms with Crippen LogP contribution in [0.2, 0.25) is 0 Å². The van der Waals surface area contributed by atoms with Crippen molar-refractivity contribution in [3.05, 3.63) is 36.2 Å². The highest BCUT2D eigenvalue weighted by molar-refractivity contribution is 7.98. The second kappa shape index (κ2) is 8.04. The van der Waals surface area contributed by atoms with Crippen LogP contribution in [0.15, 0.2) is 35.4 Å². The quantitative estimate of drug-likeness (QED) is 0.590. The number of thioether (sulfide) groups is 1. The Kier molecular flexibility index (Phi) is 5.80. The maximum absolute atomic E-state index is 5.90. The molecule has 0 bridgehead atoms. The minimum atomic E-state index is 0.370. The third kappa shape index (κ3) is 4.40. The van der Waals surface area contributed by atoms with E-state index in [4.69, 9.17) is 8.92 Å². The molecule has 1 saturated heterocycles. The van der Waals surface area contributed by atoms with E-state index < -0.39 is 0 Å². The average Bonchev–Trinajstić information content (AvgIpc) is 2.62. The zero-order valence-electron chi connectivity index (χ0n) is 13.3. The molecule has 0 saturated carbocycles. The van der Waals surface area contributed by atoms with E-state index in [9.17, 15) is 0 Å². The van der Waals surface area contributed by atoms with Crippen LogP contribution in [0.4, 0.5) is 0 Å². The van der Waals surface area contributed by atoms with Crippen LogP contribution in [0.25, 0.3) is 11.3 Å². The molecule has 0 radical (unpaired) electrons. The number of hydrogen-bond donors (Lipinski definition) is 0. The standard InChI is InChI=1S/C17H20N2O2S2/c1-12-17(20-11-15-4-3-9-21-23-15)19-16(10-18-12)13-5-7-14(22-2)8-6-13/h5-8,10,15H,3-4,9,11H2,1-2H3. The Labute approximate surface area is 145 Å². The molecule has 0 amide bonds. The van der Waals surface area contributed by atoms with Crippen molar-refractivity contribution in [3.63, 3.8) is 0 Å². The van der Waals surface area contributed by atoms with E-state index in [2.05, 4.69) is 40.5 Å². The molecule has 122 valence electrons. The Morgan fingerprint density at radius 1 is 1.35 bits per heavy atom. The molecule has 6 heteroatoms. The van der Waals surface area contributed by atoms with Crippen LogP contribution in [0, 0.1) is 6.92 Å². The van der Waals surface area contributed by atoms with E-state index in [1.807, 2.05) is 6.92 Å². The van der Waals surface area contributed by atoms with Gasteiger partial charge in [0.1, 0.15) is 6.61 Å². The largest absolute Gasteiger partial charge is 0.475 e. The summed E-state index contributed by atoms with van der Waals surface area (Å²) < 4.78 is 11.3. The summed E-state index contributed by atoms with van der Waals surface area (Å²) in [5, 5.41) is 0.370. The summed E-state index contributed by atoms with van der Waals surface area (Å²) in [5.41, 5.74) is 2.71. The second-order valence-electron chi connectivity index (χ2n) is 5.37. The minimum Gasteiger partial charge on any atom is -0.475 e. The first-order valence-electron chi connectivity index (χ1n) is 7.65. The molecule has 1 aromatic heterocycles. The lowest BCUT2D eigenvalue weighted by Gasteiger charge is -2.20. The molecular formula is C17H20N2O2S2. The van der Waals surface area contributed by atoms with Crippen molar-refractivity contribution >= 4 is 23.8 Å². The molecule has 0 aliphatic carbocycles. The number of aryl methyl sites for hydroxylation is 1. The fourth-order valence-electron chi connectivity index (χ4n) is 2.32. The molecule has 23 heavy (non-hydrogen) atoms. The van der Waals surface area contributed by atoms with Crippen LogP contribution in [-0.2, 0) is 4.18 Å². The van der Waals surface area contributed by atoms with E-state index in [-0.39, 0.29) is 0 Å².